The first-order valence-corrected chi connectivity index (χ1v) is 6.82. The van der Waals surface area contributed by atoms with Crippen LogP contribution in [0.5, 0.6) is 0 Å². The van der Waals surface area contributed by atoms with Gasteiger partial charge in [-0.3, -0.25) is 0 Å². The van der Waals surface area contributed by atoms with Gasteiger partial charge in [-0.2, -0.15) is 0 Å². The van der Waals surface area contributed by atoms with Gasteiger partial charge in [0.05, 0.1) is 11.1 Å². The van der Waals surface area contributed by atoms with Crippen LogP contribution < -0.4 is 5.73 Å². The number of anilines is 1. The highest BCUT2D eigenvalue weighted by molar-refractivity contribution is 9.10. The lowest BCUT2D eigenvalue weighted by atomic mass is 10.0. The number of halogens is 3. The van der Waals surface area contributed by atoms with Gasteiger partial charge < -0.3 is 10.3 Å². The van der Waals surface area contributed by atoms with Gasteiger partial charge in [0, 0.05) is 4.47 Å². The van der Waals surface area contributed by atoms with E-state index in [0.717, 1.165) is 0 Å². The summed E-state index contributed by atoms with van der Waals surface area (Å²) in [7, 11) is 0. The number of aromatic nitrogens is 1. The standard InChI is InChI=1S/C15H9BrF2N2O/c16-10-2-1-3-11(18)13(10)14-12(15(19)21-20-14)8-4-6-9(17)7-5-8/h1-7H,19H2. The number of nitrogens with zero attached hydrogens (tertiary/aromatic N) is 1. The number of hydrogen-bond acceptors (Lipinski definition) is 3. The molecule has 21 heavy (non-hydrogen) atoms. The highest BCUT2D eigenvalue weighted by Crippen LogP contribution is 2.40. The summed E-state index contributed by atoms with van der Waals surface area (Å²) in [5, 5.41) is 3.84. The third-order valence-electron chi connectivity index (χ3n) is 3.05. The molecule has 0 unspecified atom stereocenters. The van der Waals surface area contributed by atoms with Gasteiger partial charge in [0.2, 0.25) is 5.88 Å². The number of hydrogen-bond donors (Lipinski definition) is 1. The van der Waals surface area contributed by atoms with Crippen LogP contribution in [0.25, 0.3) is 22.4 Å². The highest BCUT2D eigenvalue weighted by atomic mass is 79.9. The van der Waals surface area contributed by atoms with Crippen LogP contribution in [0.4, 0.5) is 14.7 Å². The smallest absolute Gasteiger partial charge is 0.230 e. The molecule has 3 rings (SSSR count). The van der Waals surface area contributed by atoms with E-state index in [2.05, 4.69) is 21.1 Å². The summed E-state index contributed by atoms with van der Waals surface area (Å²) >= 11 is 3.29. The van der Waals surface area contributed by atoms with E-state index >= 15 is 0 Å². The molecule has 106 valence electrons. The van der Waals surface area contributed by atoms with Crippen molar-refractivity contribution in [2.75, 3.05) is 5.73 Å². The second kappa shape index (κ2) is 5.29. The molecule has 0 spiro atoms. The van der Waals surface area contributed by atoms with Crippen molar-refractivity contribution in [3.63, 3.8) is 0 Å². The lowest BCUT2D eigenvalue weighted by molar-refractivity contribution is 0.439. The Hall–Kier alpha value is -2.21. The van der Waals surface area contributed by atoms with E-state index in [1.807, 2.05) is 0 Å². The maximum Gasteiger partial charge on any atom is 0.230 e. The zero-order valence-corrected chi connectivity index (χ0v) is 12.2. The Morgan fingerprint density at radius 2 is 1.71 bits per heavy atom. The van der Waals surface area contributed by atoms with Crippen molar-refractivity contribution >= 4 is 21.8 Å². The van der Waals surface area contributed by atoms with Gasteiger partial charge in [-0.15, -0.1) is 0 Å². The first kappa shape index (κ1) is 13.8. The summed E-state index contributed by atoms with van der Waals surface area (Å²) in [4.78, 5) is 0. The lowest BCUT2D eigenvalue weighted by Gasteiger charge is -2.06. The Bertz CT molecular complexity index is 780. The van der Waals surface area contributed by atoms with Crippen molar-refractivity contribution in [2.45, 2.75) is 0 Å². The van der Waals surface area contributed by atoms with Gasteiger partial charge in [0.25, 0.3) is 0 Å². The average molecular weight is 351 g/mol. The molecule has 0 saturated carbocycles. The molecular weight excluding hydrogens is 342 g/mol. The number of nitrogen functional groups attached to an aromatic ring is 1. The van der Waals surface area contributed by atoms with E-state index in [9.17, 15) is 8.78 Å². The first-order valence-electron chi connectivity index (χ1n) is 6.03. The zero-order valence-electron chi connectivity index (χ0n) is 10.6. The largest absolute Gasteiger partial charge is 0.367 e. The molecule has 0 aliphatic rings. The Balaban J connectivity index is 2.24. The number of benzene rings is 2. The van der Waals surface area contributed by atoms with E-state index in [1.165, 1.54) is 30.3 Å². The highest BCUT2D eigenvalue weighted by Gasteiger charge is 2.22. The number of rotatable bonds is 2. The van der Waals surface area contributed by atoms with Gasteiger partial charge in [-0.05, 0) is 45.8 Å². The fourth-order valence-electron chi connectivity index (χ4n) is 2.09. The summed E-state index contributed by atoms with van der Waals surface area (Å²) in [5.41, 5.74) is 7.33. The summed E-state index contributed by atoms with van der Waals surface area (Å²) in [6.45, 7) is 0. The summed E-state index contributed by atoms with van der Waals surface area (Å²) in [6, 6.07) is 10.2. The molecule has 0 bridgehead atoms. The fraction of sp³-hybridized carbons (Fsp3) is 0. The van der Waals surface area contributed by atoms with Crippen molar-refractivity contribution in [2.24, 2.45) is 0 Å². The molecule has 3 nitrogen and oxygen atoms in total. The maximum atomic E-state index is 14.1. The molecule has 0 saturated heterocycles. The molecule has 0 atom stereocenters. The van der Waals surface area contributed by atoms with E-state index in [0.29, 0.717) is 15.6 Å². The molecule has 3 aromatic rings. The summed E-state index contributed by atoms with van der Waals surface area (Å²) in [5.74, 6) is -0.782. The van der Waals surface area contributed by atoms with E-state index in [1.54, 1.807) is 12.1 Å². The van der Waals surface area contributed by atoms with Crippen molar-refractivity contribution in [3.8, 4) is 22.4 Å². The Morgan fingerprint density at radius 3 is 2.38 bits per heavy atom. The minimum Gasteiger partial charge on any atom is -0.367 e. The van der Waals surface area contributed by atoms with Gasteiger partial charge in [0.1, 0.15) is 17.3 Å². The van der Waals surface area contributed by atoms with Crippen molar-refractivity contribution in [1.29, 1.82) is 0 Å². The predicted octanol–water partition coefficient (Wildman–Crippen LogP) is 4.63. The van der Waals surface area contributed by atoms with Gasteiger partial charge in [-0.25, -0.2) is 8.78 Å². The normalized spacial score (nSPS) is 10.8. The molecule has 0 aliphatic heterocycles. The Kier molecular flexibility index (Phi) is 3.47. The van der Waals surface area contributed by atoms with Crippen molar-refractivity contribution in [3.05, 3.63) is 58.6 Å². The van der Waals surface area contributed by atoms with Crippen molar-refractivity contribution < 1.29 is 13.3 Å². The SMILES string of the molecule is Nc1onc(-c2c(F)cccc2Br)c1-c1ccc(F)cc1. The third kappa shape index (κ3) is 2.42. The van der Waals surface area contributed by atoms with Crippen LogP contribution in [0.2, 0.25) is 0 Å². The monoisotopic (exact) mass is 350 g/mol. The molecule has 0 aliphatic carbocycles. The first-order chi connectivity index (χ1) is 10.1. The molecular formula is C15H9BrF2N2O. The maximum absolute atomic E-state index is 14.1. The zero-order chi connectivity index (χ0) is 15.0. The van der Waals surface area contributed by atoms with Crippen LogP contribution in [0, 0.1) is 11.6 Å². The summed E-state index contributed by atoms with van der Waals surface area (Å²) in [6.07, 6.45) is 0. The van der Waals surface area contributed by atoms with E-state index in [4.69, 9.17) is 10.3 Å². The van der Waals surface area contributed by atoms with Crippen LogP contribution in [-0.2, 0) is 0 Å². The fourth-order valence-corrected chi connectivity index (χ4v) is 2.62. The molecule has 1 aromatic heterocycles. The number of nitrogens with two attached hydrogens (primary N) is 1. The van der Waals surface area contributed by atoms with Gasteiger partial charge >= 0.3 is 0 Å². The van der Waals surface area contributed by atoms with Crippen molar-refractivity contribution in [1.82, 2.24) is 5.16 Å². The van der Waals surface area contributed by atoms with Gasteiger partial charge in [0.15, 0.2) is 0 Å². The second-order valence-electron chi connectivity index (χ2n) is 4.37. The molecule has 1 heterocycles. The van der Waals surface area contributed by atoms with Gasteiger partial charge in [-0.1, -0.05) is 23.4 Å². The molecule has 0 fully saturated rings. The Labute approximate surface area is 127 Å². The minimum atomic E-state index is -0.457. The quantitative estimate of drug-likeness (QED) is 0.732. The molecule has 2 aromatic carbocycles. The molecule has 6 heteroatoms. The van der Waals surface area contributed by atoms with E-state index < -0.39 is 5.82 Å². The molecule has 0 radical (unpaired) electrons. The lowest BCUT2D eigenvalue weighted by Crippen LogP contribution is -1.91. The molecule has 0 amide bonds. The predicted molar refractivity (Wildman–Crippen MR) is 79.4 cm³/mol. The average Bonchev–Trinajstić information content (AvgIpc) is 2.82. The van der Waals surface area contributed by atoms with E-state index in [-0.39, 0.29) is 23.0 Å². The topological polar surface area (TPSA) is 52.0 Å². The van der Waals surface area contributed by atoms with Crippen LogP contribution in [0.15, 0.2) is 51.5 Å². The third-order valence-corrected chi connectivity index (χ3v) is 3.71. The Morgan fingerprint density at radius 1 is 1.00 bits per heavy atom. The van der Waals surface area contributed by atoms with Crippen LogP contribution in [0.1, 0.15) is 0 Å². The van der Waals surface area contributed by atoms with Crippen LogP contribution >= 0.6 is 15.9 Å². The summed E-state index contributed by atoms with van der Waals surface area (Å²) < 4.78 is 32.7. The molecule has 2 N–H and O–H groups in total. The minimum absolute atomic E-state index is 0.0479. The van der Waals surface area contributed by atoms with Crippen LogP contribution in [0.3, 0.4) is 0 Å². The van der Waals surface area contributed by atoms with Crippen LogP contribution in [-0.4, -0.2) is 5.16 Å². The second-order valence-corrected chi connectivity index (χ2v) is 5.23.